The van der Waals surface area contributed by atoms with E-state index in [1.54, 1.807) is 0 Å². The summed E-state index contributed by atoms with van der Waals surface area (Å²) in [5.41, 5.74) is 14.7. The maximum Gasteiger partial charge on any atom is 0.160 e. The van der Waals surface area contributed by atoms with Gasteiger partial charge in [-0.3, -0.25) is 4.98 Å². The summed E-state index contributed by atoms with van der Waals surface area (Å²) >= 11 is 1.88. The van der Waals surface area contributed by atoms with Crippen LogP contribution in [0.5, 0.6) is 0 Å². The molecule has 67 heavy (non-hydrogen) atoms. The van der Waals surface area contributed by atoms with Gasteiger partial charge < -0.3 is 9.47 Å². The lowest BCUT2D eigenvalue weighted by atomic mass is 9.91. The van der Waals surface area contributed by atoms with Crippen LogP contribution in [0.2, 0.25) is 0 Å². The number of hydrogen-bond donors (Lipinski definition) is 0. The molecule has 3 unspecified atom stereocenters. The van der Waals surface area contributed by atoms with Gasteiger partial charge in [-0.2, -0.15) is 0 Å². The van der Waals surface area contributed by atoms with E-state index in [4.69, 9.17) is 9.97 Å². The Morgan fingerprint density at radius 2 is 1.48 bits per heavy atom. The summed E-state index contributed by atoms with van der Waals surface area (Å²) in [5, 5.41) is 6.46. The molecule has 0 saturated carbocycles. The first-order chi connectivity index (χ1) is 33.1. The van der Waals surface area contributed by atoms with E-state index in [2.05, 4.69) is 210 Å². The summed E-state index contributed by atoms with van der Waals surface area (Å²) in [7, 11) is 0. The molecule has 5 nitrogen and oxygen atoms in total. The van der Waals surface area contributed by atoms with Gasteiger partial charge in [0, 0.05) is 88.7 Å². The molecule has 0 N–H and O–H groups in total. The highest BCUT2D eigenvalue weighted by atomic mass is 32.1. The summed E-state index contributed by atoms with van der Waals surface area (Å²) in [6, 6.07) is 52.7. The molecule has 0 spiro atoms. The fourth-order valence-corrected chi connectivity index (χ4v) is 12.4. The first-order valence-corrected chi connectivity index (χ1v) is 24.1. The molecule has 320 valence electrons. The second kappa shape index (κ2) is 15.9. The number of para-hydroxylation sites is 1. The van der Waals surface area contributed by atoms with Crippen molar-refractivity contribution >= 4 is 70.5 Å². The van der Waals surface area contributed by atoms with E-state index in [0.29, 0.717) is 5.82 Å². The van der Waals surface area contributed by atoms with Crippen LogP contribution in [0.3, 0.4) is 0 Å². The second-order valence-electron chi connectivity index (χ2n) is 17.8. The van der Waals surface area contributed by atoms with Crippen molar-refractivity contribution in [1.29, 1.82) is 0 Å². The fourth-order valence-electron chi connectivity index (χ4n) is 11.1. The average molecular weight is 880 g/mol. The Balaban J connectivity index is 0.976. The third-order valence-electron chi connectivity index (χ3n) is 14.1. The normalized spacial score (nSPS) is 17.6. The molecule has 10 aromatic rings. The molecule has 4 aromatic heterocycles. The van der Waals surface area contributed by atoms with E-state index < -0.39 is 0 Å². The van der Waals surface area contributed by atoms with Crippen LogP contribution in [-0.2, 0) is 6.42 Å². The number of rotatable bonds is 8. The zero-order valence-corrected chi connectivity index (χ0v) is 37.9. The van der Waals surface area contributed by atoms with Crippen molar-refractivity contribution in [3.8, 4) is 33.8 Å². The predicted octanol–water partition coefficient (Wildman–Crippen LogP) is 15.6. The van der Waals surface area contributed by atoms with Crippen LogP contribution in [0, 0.1) is 0 Å². The molecular weight excluding hydrogens is 835 g/mol. The van der Waals surface area contributed by atoms with Gasteiger partial charge in [-0.05, 0) is 88.9 Å². The van der Waals surface area contributed by atoms with Crippen LogP contribution < -0.4 is 4.90 Å². The molecule has 5 heterocycles. The molecule has 6 heteroatoms. The van der Waals surface area contributed by atoms with Crippen LogP contribution >= 0.6 is 11.3 Å². The molecule has 0 amide bonds. The van der Waals surface area contributed by atoms with Crippen molar-refractivity contribution in [2.75, 3.05) is 4.90 Å². The Morgan fingerprint density at radius 3 is 2.33 bits per heavy atom. The highest BCUT2D eigenvalue weighted by Gasteiger charge is 2.39. The van der Waals surface area contributed by atoms with Gasteiger partial charge in [0.15, 0.2) is 5.82 Å². The average Bonchev–Trinajstić information content (AvgIpc) is 4.06. The zero-order valence-electron chi connectivity index (χ0n) is 37.1. The Labute approximate surface area is 393 Å². The first kappa shape index (κ1) is 39.4. The lowest BCUT2D eigenvalue weighted by Gasteiger charge is -2.34. The summed E-state index contributed by atoms with van der Waals surface area (Å²) in [4.78, 5) is 17.9. The molecule has 0 saturated heterocycles. The molecule has 1 aliphatic heterocycles. The van der Waals surface area contributed by atoms with Gasteiger partial charge in [-0.15, -0.1) is 11.3 Å². The number of benzene rings is 6. The highest BCUT2D eigenvalue weighted by Crippen LogP contribution is 2.49. The molecule has 0 radical (unpaired) electrons. The summed E-state index contributed by atoms with van der Waals surface area (Å²) in [5.74, 6) is 0.911. The van der Waals surface area contributed by atoms with E-state index in [1.807, 2.05) is 29.8 Å². The summed E-state index contributed by atoms with van der Waals surface area (Å²) in [6.45, 7) is 6.64. The van der Waals surface area contributed by atoms with Gasteiger partial charge in [0.05, 0.1) is 23.5 Å². The molecule has 13 rings (SSSR count). The number of aromatic nitrogens is 4. The number of allylic oxidation sites excluding steroid dienone is 5. The van der Waals surface area contributed by atoms with Gasteiger partial charge in [0.25, 0.3) is 0 Å². The summed E-state index contributed by atoms with van der Waals surface area (Å²) < 4.78 is 5.14. The molecule has 3 atom stereocenters. The lowest BCUT2D eigenvalue weighted by Crippen LogP contribution is -2.33. The minimum absolute atomic E-state index is 0.0220. The van der Waals surface area contributed by atoms with Crippen LogP contribution in [0.15, 0.2) is 207 Å². The maximum absolute atomic E-state index is 5.45. The van der Waals surface area contributed by atoms with Gasteiger partial charge in [0.1, 0.15) is 0 Å². The number of fused-ring (bicyclic) bond motifs is 9. The van der Waals surface area contributed by atoms with Gasteiger partial charge >= 0.3 is 0 Å². The monoisotopic (exact) mass is 879 g/mol. The van der Waals surface area contributed by atoms with Crippen molar-refractivity contribution < 1.29 is 0 Å². The van der Waals surface area contributed by atoms with Crippen molar-refractivity contribution in [2.45, 2.75) is 37.8 Å². The molecule has 3 aliphatic rings. The zero-order chi connectivity index (χ0) is 44.6. The fraction of sp³-hybridized carbons (Fsp3) is 0.0984. The minimum Gasteiger partial charge on any atom is -0.333 e. The van der Waals surface area contributed by atoms with Gasteiger partial charge in [-0.25, -0.2) is 9.97 Å². The predicted molar refractivity (Wildman–Crippen MR) is 281 cm³/mol. The number of aryl methyl sites for hydroxylation is 1. The van der Waals surface area contributed by atoms with Crippen LogP contribution in [-0.4, -0.2) is 25.6 Å². The van der Waals surface area contributed by atoms with E-state index in [0.717, 1.165) is 46.6 Å². The Kier molecular flexibility index (Phi) is 9.36. The van der Waals surface area contributed by atoms with Crippen molar-refractivity contribution in [3.05, 3.63) is 229 Å². The van der Waals surface area contributed by atoms with Crippen molar-refractivity contribution in [1.82, 2.24) is 19.5 Å². The number of hydrogen-bond acceptors (Lipinski definition) is 5. The van der Waals surface area contributed by atoms with E-state index >= 15 is 0 Å². The molecule has 2 aliphatic carbocycles. The van der Waals surface area contributed by atoms with Crippen LogP contribution in [0.1, 0.15) is 47.8 Å². The Morgan fingerprint density at radius 1 is 0.731 bits per heavy atom. The first-order valence-electron chi connectivity index (χ1n) is 23.3. The second-order valence-corrected chi connectivity index (χ2v) is 18.8. The molecule has 0 fully saturated rings. The maximum atomic E-state index is 5.45. The van der Waals surface area contributed by atoms with E-state index in [1.165, 1.54) is 75.5 Å². The SMILES string of the molecule is C=Cc1c(CC)c2ccccc2n1C1C=C(N2c3ccncc3C3C=CC=CC32)C=C(c2cc(-c3ccc(-c4cc5ccccc5c5c4sc4ccccc45)cc3)nc(-c3ccccc3)n2)C1. The van der Waals surface area contributed by atoms with E-state index in [-0.39, 0.29) is 18.0 Å². The molecule has 6 aromatic carbocycles. The number of pyridine rings is 1. The number of nitrogens with zero attached hydrogens (tertiary/aromatic N) is 5. The topological polar surface area (TPSA) is 46.8 Å². The van der Waals surface area contributed by atoms with Crippen molar-refractivity contribution in [3.63, 3.8) is 0 Å². The minimum atomic E-state index is -0.0220. The third kappa shape index (κ3) is 6.39. The van der Waals surface area contributed by atoms with Gasteiger partial charge in [-0.1, -0.05) is 153 Å². The molecular formula is C61H45N5S. The quantitative estimate of drug-likeness (QED) is 0.153. The Bertz CT molecular complexity index is 3750. The third-order valence-corrected chi connectivity index (χ3v) is 15.3. The van der Waals surface area contributed by atoms with E-state index in [9.17, 15) is 0 Å². The number of anilines is 1. The Hall–Kier alpha value is -7.93. The van der Waals surface area contributed by atoms with Crippen LogP contribution in [0.25, 0.3) is 87.3 Å². The lowest BCUT2D eigenvalue weighted by molar-refractivity contribution is 0.618. The molecule has 0 bridgehead atoms. The van der Waals surface area contributed by atoms with Crippen molar-refractivity contribution in [2.24, 2.45) is 0 Å². The summed E-state index contributed by atoms with van der Waals surface area (Å²) in [6.07, 6.45) is 21.5. The number of thiophene rings is 1. The standard InChI is InChI=1S/C61H45N5S/c1-3-45-47-20-10-13-23-55(47)65(54(45)4-2)43-32-42(33-44(35-43)66-56-24-14-11-21-48(56)51-37-62-31-30-57(51)66)53-36-52(63-61(64-53)40-16-6-5-7-17-40)39-28-26-38(27-29-39)50-34-41-18-8-9-19-46(41)59-49-22-12-15-25-58(49)67-60(50)59/h4-31,33-37,43,48,56H,2-3,32H2,1H3. The van der Waals surface area contributed by atoms with Gasteiger partial charge in [0.2, 0.25) is 0 Å². The largest absolute Gasteiger partial charge is 0.333 e. The highest BCUT2D eigenvalue weighted by molar-refractivity contribution is 7.26. The smallest absolute Gasteiger partial charge is 0.160 e. The van der Waals surface area contributed by atoms with Crippen LogP contribution in [0.4, 0.5) is 5.69 Å².